The molecule has 1 aliphatic rings. The molecule has 0 spiro atoms. The summed E-state index contributed by atoms with van der Waals surface area (Å²) in [6, 6.07) is 11.3. The average Bonchev–Trinajstić information content (AvgIpc) is 3.32. The Balaban J connectivity index is 1.35. The number of nitrogens with zero attached hydrogens (tertiary/aromatic N) is 3. The van der Waals surface area contributed by atoms with Gasteiger partial charge in [0.1, 0.15) is 11.9 Å². The van der Waals surface area contributed by atoms with Gasteiger partial charge in [0, 0.05) is 61.1 Å². The summed E-state index contributed by atoms with van der Waals surface area (Å²) in [5, 5.41) is 1.34. The second-order valence-corrected chi connectivity index (χ2v) is 9.02. The SMILES string of the molecule is Cc1ccc2[nH]c(CN3CCC(Oc4ccnc(CN(C)C(C)C)c4)C3)cc2c1C. The number of nitrogens with one attached hydrogen (secondary N) is 1. The lowest BCUT2D eigenvalue weighted by atomic mass is 10.1. The highest BCUT2D eigenvalue weighted by molar-refractivity contribution is 5.84. The van der Waals surface area contributed by atoms with E-state index in [1.807, 2.05) is 12.3 Å². The molecule has 0 amide bonds. The number of hydrogen-bond donors (Lipinski definition) is 1. The summed E-state index contributed by atoms with van der Waals surface area (Å²) in [5.41, 5.74) is 6.29. The zero-order chi connectivity index (χ0) is 21.3. The highest BCUT2D eigenvalue weighted by atomic mass is 16.5. The minimum atomic E-state index is 0.233. The van der Waals surface area contributed by atoms with Crippen LogP contribution in [0.1, 0.15) is 42.8 Å². The predicted octanol–water partition coefficient (Wildman–Crippen LogP) is 4.67. The molecule has 0 aliphatic carbocycles. The van der Waals surface area contributed by atoms with Gasteiger partial charge in [-0.3, -0.25) is 14.8 Å². The van der Waals surface area contributed by atoms with E-state index < -0.39 is 0 Å². The van der Waals surface area contributed by atoms with Gasteiger partial charge in [-0.2, -0.15) is 0 Å². The van der Waals surface area contributed by atoms with Gasteiger partial charge in [0.25, 0.3) is 0 Å². The molecule has 1 aliphatic heterocycles. The smallest absolute Gasteiger partial charge is 0.123 e. The molecule has 1 unspecified atom stereocenters. The highest BCUT2D eigenvalue weighted by Gasteiger charge is 2.24. The van der Waals surface area contributed by atoms with Crippen LogP contribution in [-0.2, 0) is 13.1 Å². The van der Waals surface area contributed by atoms with Crippen molar-refractivity contribution in [2.24, 2.45) is 0 Å². The molecule has 30 heavy (non-hydrogen) atoms. The molecule has 1 fully saturated rings. The summed E-state index contributed by atoms with van der Waals surface area (Å²) in [6.07, 6.45) is 3.15. The summed E-state index contributed by atoms with van der Waals surface area (Å²) in [5.74, 6) is 0.931. The van der Waals surface area contributed by atoms with Crippen LogP contribution in [0.3, 0.4) is 0 Å². The van der Waals surface area contributed by atoms with Crippen LogP contribution < -0.4 is 4.74 Å². The van der Waals surface area contributed by atoms with Crippen LogP contribution in [0.2, 0.25) is 0 Å². The highest BCUT2D eigenvalue weighted by Crippen LogP contribution is 2.25. The lowest BCUT2D eigenvalue weighted by Crippen LogP contribution is -2.26. The molecule has 0 bridgehead atoms. The normalized spacial score (nSPS) is 17.5. The van der Waals surface area contributed by atoms with E-state index in [2.05, 4.69) is 78.8 Å². The van der Waals surface area contributed by atoms with Gasteiger partial charge in [0.2, 0.25) is 0 Å². The third-order valence-electron chi connectivity index (χ3n) is 6.41. The number of ether oxygens (including phenoxy) is 1. The quantitative estimate of drug-likeness (QED) is 0.619. The molecule has 1 N–H and O–H groups in total. The molecule has 160 valence electrons. The summed E-state index contributed by atoms with van der Waals surface area (Å²) in [7, 11) is 2.13. The Morgan fingerprint density at radius 2 is 2.07 bits per heavy atom. The summed E-state index contributed by atoms with van der Waals surface area (Å²) < 4.78 is 6.31. The Kier molecular flexibility index (Phi) is 6.11. The van der Waals surface area contributed by atoms with Gasteiger partial charge < -0.3 is 9.72 Å². The van der Waals surface area contributed by atoms with E-state index in [0.29, 0.717) is 6.04 Å². The summed E-state index contributed by atoms with van der Waals surface area (Å²) >= 11 is 0. The number of aromatic amines is 1. The molecule has 1 saturated heterocycles. The molecular weight excluding hydrogens is 372 g/mol. The molecule has 0 saturated carbocycles. The van der Waals surface area contributed by atoms with Crippen LogP contribution in [-0.4, -0.2) is 52.1 Å². The van der Waals surface area contributed by atoms with Crippen molar-refractivity contribution < 1.29 is 4.74 Å². The van der Waals surface area contributed by atoms with Crippen LogP contribution >= 0.6 is 0 Å². The largest absolute Gasteiger partial charge is 0.489 e. The van der Waals surface area contributed by atoms with E-state index in [1.165, 1.54) is 27.7 Å². The fourth-order valence-corrected chi connectivity index (χ4v) is 4.13. The number of hydrogen-bond acceptors (Lipinski definition) is 4. The van der Waals surface area contributed by atoms with Crippen molar-refractivity contribution in [3.8, 4) is 5.75 Å². The maximum atomic E-state index is 6.31. The second kappa shape index (κ2) is 8.78. The molecule has 3 heterocycles. The number of likely N-dealkylation sites (tertiary alicyclic amines) is 1. The van der Waals surface area contributed by atoms with Gasteiger partial charge in [-0.25, -0.2) is 0 Å². The summed E-state index contributed by atoms with van der Waals surface area (Å²) in [6.45, 7) is 12.6. The van der Waals surface area contributed by atoms with E-state index in [-0.39, 0.29) is 6.10 Å². The molecule has 1 aromatic carbocycles. The Labute approximate surface area is 180 Å². The number of benzene rings is 1. The maximum Gasteiger partial charge on any atom is 0.123 e. The van der Waals surface area contributed by atoms with E-state index in [0.717, 1.165) is 44.0 Å². The van der Waals surface area contributed by atoms with E-state index in [4.69, 9.17) is 4.74 Å². The molecular formula is C25H34N4O. The number of pyridine rings is 1. The number of rotatable bonds is 7. The molecule has 4 rings (SSSR count). The molecule has 0 radical (unpaired) electrons. The zero-order valence-electron chi connectivity index (χ0n) is 18.9. The lowest BCUT2D eigenvalue weighted by Gasteiger charge is -2.21. The average molecular weight is 407 g/mol. The first-order valence-corrected chi connectivity index (χ1v) is 11.0. The first-order chi connectivity index (χ1) is 14.4. The Bertz CT molecular complexity index is 1010. The van der Waals surface area contributed by atoms with Gasteiger partial charge in [-0.05, 0) is 70.5 Å². The lowest BCUT2D eigenvalue weighted by molar-refractivity contribution is 0.197. The molecule has 2 aromatic heterocycles. The molecule has 5 heteroatoms. The van der Waals surface area contributed by atoms with Crippen molar-refractivity contribution in [1.82, 2.24) is 19.8 Å². The van der Waals surface area contributed by atoms with Crippen LogP contribution in [0, 0.1) is 13.8 Å². The van der Waals surface area contributed by atoms with Crippen molar-refractivity contribution in [3.63, 3.8) is 0 Å². The van der Waals surface area contributed by atoms with E-state index in [9.17, 15) is 0 Å². The number of aromatic nitrogens is 2. The van der Waals surface area contributed by atoms with Crippen LogP contribution in [0.25, 0.3) is 10.9 Å². The van der Waals surface area contributed by atoms with Crippen molar-refractivity contribution in [2.75, 3.05) is 20.1 Å². The van der Waals surface area contributed by atoms with Gasteiger partial charge in [0.15, 0.2) is 0 Å². The van der Waals surface area contributed by atoms with Crippen molar-refractivity contribution in [1.29, 1.82) is 0 Å². The van der Waals surface area contributed by atoms with Crippen molar-refractivity contribution in [3.05, 3.63) is 59.0 Å². The number of fused-ring (bicyclic) bond motifs is 1. The second-order valence-electron chi connectivity index (χ2n) is 9.02. The monoisotopic (exact) mass is 406 g/mol. The standard InChI is InChI=1S/C25H34N4O/c1-17(2)28(5)14-20-12-22(8-10-26-20)30-23-9-11-29(16-23)15-21-13-24-19(4)18(3)6-7-25(24)27-21/h6-8,10,12-13,17,23,27H,9,11,14-16H2,1-5H3. The van der Waals surface area contributed by atoms with Crippen LogP contribution in [0.5, 0.6) is 5.75 Å². The van der Waals surface area contributed by atoms with E-state index in [1.54, 1.807) is 0 Å². The van der Waals surface area contributed by atoms with Gasteiger partial charge >= 0.3 is 0 Å². The van der Waals surface area contributed by atoms with Gasteiger partial charge in [-0.15, -0.1) is 0 Å². The first-order valence-electron chi connectivity index (χ1n) is 11.0. The Hall–Kier alpha value is -2.37. The topological polar surface area (TPSA) is 44.4 Å². The third-order valence-corrected chi connectivity index (χ3v) is 6.41. The van der Waals surface area contributed by atoms with Crippen LogP contribution in [0.4, 0.5) is 0 Å². The Morgan fingerprint density at radius 3 is 2.87 bits per heavy atom. The van der Waals surface area contributed by atoms with E-state index >= 15 is 0 Å². The van der Waals surface area contributed by atoms with Crippen LogP contribution in [0.15, 0.2) is 36.5 Å². The van der Waals surface area contributed by atoms with Crippen molar-refractivity contribution >= 4 is 10.9 Å². The minimum absolute atomic E-state index is 0.233. The zero-order valence-corrected chi connectivity index (χ0v) is 18.9. The Morgan fingerprint density at radius 1 is 1.23 bits per heavy atom. The first kappa shape index (κ1) is 20.9. The number of H-pyrrole nitrogens is 1. The molecule has 1 atom stereocenters. The van der Waals surface area contributed by atoms with Gasteiger partial charge in [0.05, 0.1) is 5.69 Å². The van der Waals surface area contributed by atoms with Crippen molar-refractivity contribution in [2.45, 2.75) is 59.4 Å². The molecule has 5 nitrogen and oxygen atoms in total. The number of aryl methyl sites for hydroxylation is 2. The summed E-state index contributed by atoms with van der Waals surface area (Å²) in [4.78, 5) is 12.9. The minimum Gasteiger partial charge on any atom is -0.489 e. The van der Waals surface area contributed by atoms with Gasteiger partial charge in [-0.1, -0.05) is 6.07 Å². The predicted molar refractivity (Wildman–Crippen MR) is 123 cm³/mol. The maximum absolute atomic E-state index is 6.31. The molecule has 3 aromatic rings. The fraction of sp³-hybridized carbons (Fsp3) is 0.480. The fourth-order valence-electron chi connectivity index (χ4n) is 4.13. The third kappa shape index (κ3) is 4.68.